The highest BCUT2D eigenvalue weighted by molar-refractivity contribution is 5.59. The summed E-state index contributed by atoms with van der Waals surface area (Å²) in [6, 6.07) is 0. The van der Waals surface area contributed by atoms with Crippen LogP contribution in [0, 0.1) is 11.8 Å². The van der Waals surface area contributed by atoms with Gasteiger partial charge in [-0.2, -0.15) is 0 Å². The fraction of sp³-hybridized carbons (Fsp3) is 0.909. The number of carbonyl (C=O) groups is 1. The van der Waals surface area contributed by atoms with Gasteiger partial charge in [-0.25, -0.2) is 4.79 Å². The first kappa shape index (κ1) is 13.3. The Morgan fingerprint density at radius 2 is 1.57 bits per heavy atom. The molecule has 14 heavy (non-hydrogen) atoms. The van der Waals surface area contributed by atoms with Gasteiger partial charge in [-0.1, -0.05) is 40.5 Å². The molecule has 0 aliphatic rings. The van der Waals surface area contributed by atoms with Gasteiger partial charge in [0.2, 0.25) is 0 Å². The first-order valence-corrected chi connectivity index (χ1v) is 5.39. The lowest BCUT2D eigenvalue weighted by atomic mass is 10.1. The van der Waals surface area contributed by atoms with Crippen molar-refractivity contribution in [3.05, 3.63) is 0 Å². The first-order valence-electron chi connectivity index (χ1n) is 5.39. The molecule has 0 amide bonds. The summed E-state index contributed by atoms with van der Waals surface area (Å²) in [6.07, 6.45) is 1.53. The maximum absolute atomic E-state index is 11.0. The largest absolute Gasteiger partial charge is 0.508 e. The summed E-state index contributed by atoms with van der Waals surface area (Å²) in [6.45, 7) is 9.09. The fourth-order valence-electron chi connectivity index (χ4n) is 0.987. The van der Waals surface area contributed by atoms with Crippen molar-refractivity contribution in [3.63, 3.8) is 0 Å². The third kappa shape index (κ3) is 6.75. The van der Waals surface area contributed by atoms with Gasteiger partial charge < -0.3 is 9.47 Å². The summed E-state index contributed by atoms with van der Waals surface area (Å²) in [4.78, 5) is 11.0. The summed E-state index contributed by atoms with van der Waals surface area (Å²) in [7, 11) is 0. The third-order valence-corrected chi connectivity index (χ3v) is 2.13. The van der Waals surface area contributed by atoms with Crippen LogP contribution in [-0.2, 0) is 9.47 Å². The van der Waals surface area contributed by atoms with Crippen LogP contribution in [0.2, 0.25) is 0 Å². The molecular weight excluding hydrogens is 180 g/mol. The second-order valence-electron chi connectivity index (χ2n) is 3.95. The van der Waals surface area contributed by atoms with Crippen molar-refractivity contribution >= 4 is 6.16 Å². The van der Waals surface area contributed by atoms with Gasteiger partial charge in [0.05, 0.1) is 13.2 Å². The molecule has 0 radical (unpaired) electrons. The Balaban J connectivity index is 3.52. The highest BCUT2D eigenvalue weighted by Gasteiger charge is 2.09. The molecule has 0 rings (SSSR count). The van der Waals surface area contributed by atoms with E-state index in [4.69, 9.17) is 9.47 Å². The molecule has 0 aromatic heterocycles. The molecule has 0 unspecified atom stereocenters. The molecule has 0 heterocycles. The summed E-state index contributed by atoms with van der Waals surface area (Å²) >= 11 is 0. The van der Waals surface area contributed by atoms with Crippen LogP contribution in [-0.4, -0.2) is 19.4 Å². The van der Waals surface area contributed by atoms with Crippen molar-refractivity contribution in [2.45, 2.75) is 40.5 Å². The summed E-state index contributed by atoms with van der Waals surface area (Å²) < 4.78 is 9.86. The van der Waals surface area contributed by atoms with Gasteiger partial charge >= 0.3 is 6.16 Å². The SMILES string of the molecule is CCC(CC)COC(=O)OCC(C)C. The molecule has 0 fully saturated rings. The van der Waals surface area contributed by atoms with Crippen LogP contribution < -0.4 is 0 Å². The van der Waals surface area contributed by atoms with Crippen LogP contribution in [0.1, 0.15) is 40.5 Å². The van der Waals surface area contributed by atoms with Crippen molar-refractivity contribution in [3.8, 4) is 0 Å². The van der Waals surface area contributed by atoms with Crippen LogP contribution >= 0.6 is 0 Å². The Hall–Kier alpha value is -0.730. The van der Waals surface area contributed by atoms with Gasteiger partial charge in [0, 0.05) is 0 Å². The molecule has 0 aromatic carbocycles. The molecule has 0 saturated carbocycles. The van der Waals surface area contributed by atoms with Crippen LogP contribution in [0.4, 0.5) is 4.79 Å². The van der Waals surface area contributed by atoms with Crippen molar-refractivity contribution in [2.75, 3.05) is 13.2 Å². The minimum Gasteiger partial charge on any atom is -0.434 e. The molecule has 0 aromatic rings. The van der Waals surface area contributed by atoms with E-state index in [1.165, 1.54) is 0 Å². The third-order valence-electron chi connectivity index (χ3n) is 2.13. The highest BCUT2D eigenvalue weighted by Crippen LogP contribution is 2.08. The summed E-state index contributed by atoms with van der Waals surface area (Å²) in [5.41, 5.74) is 0. The van der Waals surface area contributed by atoms with Gasteiger partial charge in [0.25, 0.3) is 0 Å². The number of carbonyl (C=O) groups excluding carboxylic acids is 1. The van der Waals surface area contributed by atoms with E-state index >= 15 is 0 Å². The Morgan fingerprint density at radius 3 is 2.00 bits per heavy atom. The maximum atomic E-state index is 11.0. The lowest BCUT2D eigenvalue weighted by Crippen LogP contribution is -2.16. The second kappa shape index (κ2) is 7.65. The zero-order chi connectivity index (χ0) is 11.0. The molecule has 0 aliphatic heterocycles. The first-order chi connectivity index (χ1) is 6.60. The van der Waals surface area contributed by atoms with Crippen molar-refractivity contribution < 1.29 is 14.3 Å². The van der Waals surface area contributed by atoms with Crippen LogP contribution in [0.3, 0.4) is 0 Å². The zero-order valence-electron chi connectivity index (χ0n) is 9.71. The molecule has 84 valence electrons. The number of ether oxygens (including phenoxy) is 2. The quantitative estimate of drug-likeness (QED) is 0.620. The minimum absolute atomic E-state index is 0.357. The Labute approximate surface area is 86.8 Å². The molecule has 0 aliphatic carbocycles. The monoisotopic (exact) mass is 202 g/mol. The van der Waals surface area contributed by atoms with Gasteiger partial charge in [0.1, 0.15) is 0 Å². The van der Waals surface area contributed by atoms with E-state index in [0.29, 0.717) is 25.0 Å². The Morgan fingerprint density at radius 1 is 1.07 bits per heavy atom. The van der Waals surface area contributed by atoms with Gasteiger partial charge in [-0.15, -0.1) is 0 Å². The predicted octanol–water partition coefficient (Wildman–Crippen LogP) is 3.23. The average Bonchev–Trinajstić information content (AvgIpc) is 2.16. The zero-order valence-corrected chi connectivity index (χ0v) is 9.71. The highest BCUT2D eigenvalue weighted by atomic mass is 16.7. The van der Waals surface area contributed by atoms with Crippen LogP contribution in [0.15, 0.2) is 0 Å². The molecule has 0 saturated heterocycles. The van der Waals surface area contributed by atoms with Crippen molar-refractivity contribution in [2.24, 2.45) is 11.8 Å². The number of hydrogen-bond acceptors (Lipinski definition) is 3. The van der Waals surface area contributed by atoms with E-state index in [1.54, 1.807) is 0 Å². The smallest absolute Gasteiger partial charge is 0.434 e. The molecule has 3 nitrogen and oxygen atoms in total. The minimum atomic E-state index is -0.536. The molecule has 0 spiro atoms. The van der Waals surface area contributed by atoms with E-state index in [0.717, 1.165) is 12.8 Å². The average molecular weight is 202 g/mol. The van der Waals surface area contributed by atoms with Crippen molar-refractivity contribution in [1.82, 2.24) is 0 Å². The van der Waals surface area contributed by atoms with Crippen molar-refractivity contribution in [1.29, 1.82) is 0 Å². The molecule has 0 N–H and O–H groups in total. The molecule has 0 atom stereocenters. The normalized spacial score (nSPS) is 10.7. The standard InChI is InChI=1S/C11H22O3/c1-5-10(6-2)8-14-11(12)13-7-9(3)4/h9-10H,5-8H2,1-4H3. The predicted molar refractivity (Wildman–Crippen MR) is 56.2 cm³/mol. The molecule has 3 heteroatoms. The van der Waals surface area contributed by atoms with Gasteiger partial charge in [-0.05, 0) is 11.8 Å². The summed E-state index contributed by atoms with van der Waals surface area (Å²) in [5, 5.41) is 0. The molecule has 0 bridgehead atoms. The Bertz CT molecular complexity index is 151. The lowest BCUT2D eigenvalue weighted by molar-refractivity contribution is 0.0366. The van der Waals surface area contributed by atoms with Gasteiger partial charge in [0.15, 0.2) is 0 Å². The van der Waals surface area contributed by atoms with E-state index in [9.17, 15) is 4.79 Å². The van der Waals surface area contributed by atoms with E-state index in [-0.39, 0.29) is 0 Å². The summed E-state index contributed by atoms with van der Waals surface area (Å²) in [5.74, 6) is 0.817. The second-order valence-corrected chi connectivity index (χ2v) is 3.95. The topological polar surface area (TPSA) is 35.5 Å². The fourth-order valence-corrected chi connectivity index (χ4v) is 0.987. The number of hydrogen-bond donors (Lipinski definition) is 0. The maximum Gasteiger partial charge on any atom is 0.508 e. The van der Waals surface area contributed by atoms with E-state index in [1.807, 2.05) is 13.8 Å². The van der Waals surface area contributed by atoms with Crippen LogP contribution in [0.5, 0.6) is 0 Å². The van der Waals surface area contributed by atoms with Crippen LogP contribution in [0.25, 0.3) is 0 Å². The lowest BCUT2D eigenvalue weighted by Gasteiger charge is -2.13. The van der Waals surface area contributed by atoms with E-state index in [2.05, 4.69) is 13.8 Å². The number of rotatable bonds is 6. The van der Waals surface area contributed by atoms with Gasteiger partial charge in [-0.3, -0.25) is 0 Å². The van der Waals surface area contributed by atoms with E-state index < -0.39 is 6.16 Å². The molecular formula is C11H22O3. The Kier molecular flexibility index (Phi) is 7.25.